The third-order valence-electron chi connectivity index (χ3n) is 2.82. The predicted octanol–water partition coefficient (Wildman–Crippen LogP) is 4.80. The Balaban J connectivity index is 2.38. The minimum atomic E-state index is 0.199. The second kappa shape index (κ2) is 6.37. The Labute approximate surface area is 121 Å². The van der Waals surface area contributed by atoms with Gasteiger partial charge in [0.25, 0.3) is 0 Å². The van der Waals surface area contributed by atoms with Crippen LogP contribution in [-0.4, -0.2) is 6.54 Å². The van der Waals surface area contributed by atoms with Crippen molar-refractivity contribution in [3.8, 4) is 0 Å². The molecular formula is C15H15BrClN. The van der Waals surface area contributed by atoms with Crippen LogP contribution in [0.25, 0.3) is 0 Å². The molecule has 0 aliphatic heterocycles. The molecule has 0 spiro atoms. The van der Waals surface area contributed by atoms with Crippen molar-refractivity contribution >= 4 is 27.5 Å². The van der Waals surface area contributed by atoms with E-state index in [1.54, 1.807) is 0 Å². The highest BCUT2D eigenvalue weighted by molar-refractivity contribution is 9.10. The van der Waals surface area contributed by atoms with Crippen molar-refractivity contribution in [3.63, 3.8) is 0 Å². The van der Waals surface area contributed by atoms with Crippen LogP contribution in [-0.2, 0) is 0 Å². The van der Waals surface area contributed by atoms with Gasteiger partial charge in [-0.1, -0.05) is 54.9 Å². The molecule has 2 aromatic rings. The van der Waals surface area contributed by atoms with E-state index in [9.17, 15) is 0 Å². The van der Waals surface area contributed by atoms with Gasteiger partial charge in [-0.15, -0.1) is 0 Å². The van der Waals surface area contributed by atoms with Crippen molar-refractivity contribution in [1.29, 1.82) is 0 Å². The molecule has 0 aliphatic carbocycles. The summed E-state index contributed by atoms with van der Waals surface area (Å²) in [5.74, 6) is 0. The molecule has 1 atom stereocenters. The van der Waals surface area contributed by atoms with Crippen LogP contribution in [0.4, 0.5) is 0 Å². The fourth-order valence-electron chi connectivity index (χ4n) is 1.97. The van der Waals surface area contributed by atoms with Gasteiger partial charge < -0.3 is 5.32 Å². The molecule has 0 bridgehead atoms. The quantitative estimate of drug-likeness (QED) is 0.851. The summed E-state index contributed by atoms with van der Waals surface area (Å²) in [6, 6.07) is 16.7. The van der Waals surface area contributed by atoms with Crippen molar-refractivity contribution in [3.05, 3.63) is 69.2 Å². The molecule has 0 fully saturated rings. The maximum Gasteiger partial charge on any atom is 0.0577 e. The molecule has 1 N–H and O–H groups in total. The number of halogens is 2. The second-order valence-electron chi connectivity index (χ2n) is 4.07. The number of hydrogen-bond donors (Lipinski definition) is 1. The van der Waals surface area contributed by atoms with Crippen molar-refractivity contribution in [1.82, 2.24) is 5.32 Å². The first-order valence-corrected chi connectivity index (χ1v) is 7.12. The van der Waals surface area contributed by atoms with E-state index in [-0.39, 0.29) is 6.04 Å². The molecule has 0 amide bonds. The van der Waals surface area contributed by atoms with E-state index < -0.39 is 0 Å². The van der Waals surface area contributed by atoms with Gasteiger partial charge in [-0.2, -0.15) is 0 Å². The standard InChI is InChI=1S/C15H15BrClN/c1-2-18-15(11-6-4-3-5-7-11)12-8-9-14(17)13(16)10-12/h3-10,15,18H,2H2,1H3. The van der Waals surface area contributed by atoms with E-state index in [0.717, 1.165) is 16.0 Å². The molecule has 0 saturated heterocycles. The van der Waals surface area contributed by atoms with Gasteiger partial charge in [-0.25, -0.2) is 0 Å². The summed E-state index contributed by atoms with van der Waals surface area (Å²) < 4.78 is 0.931. The lowest BCUT2D eigenvalue weighted by atomic mass is 9.99. The monoisotopic (exact) mass is 323 g/mol. The summed E-state index contributed by atoms with van der Waals surface area (Å²) in [6.45, 7) is 3.03. The van der Waals surface area contributed by atoms with Gasteiger partial charge in [0.1, 0.15) is 0 Å². The number of benzene rings is 2. The third-order valence-corrected chi connectivity index (χ3v) is 4.03. The number of rotatable bonds is 4. The molecule has 18 heavy (non-hydrogen) atoms. The molecule has 1 nitrogen and oxygen atoms in total. The Bertz CT molecular complexity index is 513. The number of hydrogen-bond acceptors (Lipinski definition) is 1. The van der Waals surface area contributed by atoms with Gasteiger partial charge in [-0.3, -0.25) is 0 Å². The topological polar surface area (TPSA) is 12.0 Å². The Hall–Kier alpha value is -0.830. The van der Waals surface area contributed by atoms with Gasteiger partial charge in [0, 0.05) is 4.47 Å². The fourth-order valence-corrected chi connectivity index (χ4v) is 2.48. The van der Waals surface area contributed by atoms with Gasteiger partial charge in [-0.05, 0) is 45.7 Å². The molecule has 94 valence electrons. The Kier molecular flexibility index (Phi) is 4.81. The van der Waals surface area contributed by atoms with Crippen LogP contribution in [0.1, 0.15) is 24.1 Å². The van der Waals surface area contributed by atoms with E-state index in [1.807, 2.05) is 12.1 Å². The van der Waals surface area contributed by atoms with Crippen LogP contribution >= 0.6 is 27.5 Å². The summed E-state index contributed by atoms with van der Waals surface area (Å²) in [5.41, 5.74) is 2.47. The molecule has 0 saturated carbocycles. The van der Waals surface area contributed by atoms with Crippen LogP contribution in [0.5, 0.6) is 0 Å². The van der Waals surface area contributed by atoms with Crippen LogP contribution in [0.15, 0.2) is 53.0 Å². The lowest BCUT2D eigenvalue weighted by Gasteiger charge is -2.19. The minimum Gasteiger partial charge on any atom is -0.307 e. The summed E-state index contributed by atoms with van der Waals surface area (Å²) in [6.07, 6.45) is 0. The molecule has 0 aliphatic rings. The minimum absolute atomic E-state index is 0.199. The van der Waals surface area contributed by atoms with Crippen molar-refractivity contribution in [2.75, 3.05) is 6.54 Å². The van der Waals surface area contributed by atoms with Gasteiger partial charge in [0.2, 0.25) is 0 Å². The smallest absolute Gasteiger partial charge is 0.0577 e. The van der Waals surface area contributed by atoms with E-state index >= 15 is 0 Å². The molecule has 1 unspecified atom stereocenters. The zero-order valence-electron chi connectivity index (χ0n) is 10.2. The molecule has 0 heterocycles. The highest BCUT2D eigenvalue weighted by atomic mass is 79.9. The first-order chi connectivity index (χ1) is 8.72. The van der Waals surface area contributed by atoms with Gasteiger partial charge in [0.05, 0.1) is 11.1 Å². The van der Waals surface area contributed by atoms with Crippen LogP contribution in [0.2, 0.25) is 5.02 Å². The highest BCUT2D eigenvalue weighted by Crippen LogP contribution is 2.29. The molecule has 2 aromatic carbocycles. The zero-order chi connectivity index (χ0) is 13.0. The molecule has 0 aromatic heterocycles. The van der Waals surface area contributed by atoms with Crippen molar-refractivity contribution in [2.45, 2.75) is 13.0 Å². The van der Waals surface area contributed by atoms with Crippen LogP contribution in [0.3, 0.4) is 0 Å². The molecule has 2 rings (SSSR count). The molecule has 0 radical (unpaired) electrons. The fraction of sp³-hybridized carbons (Fsp3) is 0.200. The van der Waals surface area contributed by atoms with E-state index in [4.69, 9.17) is 11.6 Å². The van der Waals surface area contributed by atoms with Crippen LogP contribution in [0, 0.1) is 0 Å². The van der Waals surface area contributed by atoms with Crippen LogP contribution < -0.4 is 5.32 Å². The Morgan fingerprint density at radius 3 is 2.44 bits per heavy atom. The first-order valence-electron chi connectivity index (χ1n) is 5.95. The maximum absolute atomic E-state index is 6.04. The lowest BCUT2D eigenvalue weighted by Crippen LogP contribution is -2.21. The average Bonchev–Trinajstić information content (AvgIpc) is 2.40. The zero-order valence-corrected chi connectivity index (χ0v) is 12.5. The first kappa shape index (κ1) is 13.6. The maximum atomic E-state index is 6.04. The van der Waals surface area contributed by atoms with E-state index in [0.29, 0.717) is 0 Å². The summed E-state index contributed by atoms with van der Waals surface area (Å²) in [4.78, 5) is 0. The van der Waals surface area contributed by atoms with E-state index in [1.165, 1.54) is 11.1 Å². The van der Waals surface area contributed by atoms with Gasteiger partial charge >= 0.3 is 0 Å². The molecular weight excluding hydrogens is 310 g/mol. The average molecular weight is 325 g/mol. The number of nitrogens with one attached hydrogen (secondary N) is 1. The highest BCUT2D eigenvalue weighted by Gasteiger charge is 2.13. The normalized spacial score (nSPS) is 12.4. The summed E-state index contributed by atoms with van der Waals surface area (Å²) in [5, 5.41) is 4.24. The Morgan fingerprint density at radius 2 is 1.83 bits per heavy atom. The second-order valence-corrected chi connectivity index (χ2v) is 5.34. The van der Waals surface area contributed by atoms with Crippen molar-refractivity contribution < 1.29 is 0 Å². The van der Waals surface area contributed by atoms with Crippen molar-refractivity contribution in [2.24, 2.45) is 0 Å². The summed E-state index contributed by atoms with van der Waals surface area (Å²) in [7, 11) is 0. The summed E-state index contributed by atoms with van der Waals surface area (Å²) >= 11 is 9.52. The largest absolute Gasteiger partial charge is 0.307 e. The SMILES string of the molecule is CCNC(c1ccccc1)c1ccc(Cl)c(Br)c1. The van der Waals surface area contributed by atoms with E-state index in [2.05, 4.69) is 64.6 Å². The predicted molar refractivity (Wildman–Crippen MR) is 81.1 cm³/mol. The third kappa shape index (κ3) is 3.14. The Morgan fingerprint density at radius 1 is 1.11 bits per heavy atom. The lowest BCUT2D eigenvalue weighted by molar-refractivity contribution is 0.630. The molecule has 3 heteroatoms. The van der Waals surface area contributed by atoms with Gasteiger partial charge in [0.15, 0.2) is 0 Å².